The van der Waals surface area contributed by atoms with Crippen LogP contribution in [-0.2, 0) is 6.42 Å². The van der Waals surface area contributed by atoms with E-state index in [1.807, 2.05) is 13.8 Å². The van der Waals surface area contributed by atoms with Gasteiger partial charge in [-0.1, -0.05) is 26.2 Å². The average Bonchev–Trinajstić information content (AvgIpc) is 2.83. The van der Waals surface area contributed by atoms with Gasteiger partial charge in [0.1, 0.15) is 17.4 Å². The van der Waals surface area contributed by atoms with Crippen molar-refractivity contribution in [2.45, 2.75) is 59.3 Å². The molecule has 2 aromatic rings. The molecule has 130 valence electrons. The number of aromatic hydroxyl groups is 1. The number of aryl methyl sites for hydroxylation is 2. The Labute approximate surface area is 145 Å². The molecule has 1 heterocycles. The molecule has 1 N–H and O–H groups in total. The number of phenols is 1. The smallest absolute Gasteiger partial charge is 0.142 e. The minimum absolute atomic E-state index is 0.0349. The van der Waals surface area contributed by atoms with Crippen molar-refractivity contribution in [2.24, 2.45) is 5.41 Å². The molecule has 0 radical (unpaired) electrons. The molecule has 0 amide bonds. The first-order valence-corrected chi connectivity index (χ1v) is 9.27. The molecule has 1 aromatic carbocycles. The van der Waals surface area contributed by atoms with Crippen molar-refractivity contribution in [1.29, 1.82) is 0 Å². The standard InChI is InChI=1S/C19H23F2NOS/c1-11-18(22-12(2)24-11)16-15(23)9-14(20)13(17(16)21)10-19(3)7-5-4-6-8-19/h9,23H,4-8,10H2,1-3H3. The fourth-order valence-electron chi connectivity index (χ4n) is 3.80. The highest BCUT2D eigenvalue weighted by molar-refractivity contribution is 7.11. The number of halogens is 2. The highest BCUT2D eigenvalue weighted by Crippen LogP contribution is 2.43. The molecule has 1 fully saturated rings. The Bertz CT molecular complexity index is 763. The summed E-state index contributed by atoms with van der Waals surface area (Å²) in [4.78, 5) is 5.16. The maximum atomic E-state index is 15.2. The number of aromatic nitrogens is 1. The Kier molecular flexibility index (Phi) is 4.65. The monoisotopic (exact) mass is 351 g/mol. The molecule has 0 saturated heterocycles. The third-order valence-corrected chi connectivity index (χ3v) is 5.98. The van der Waals surface area contributed by atoms with Crippen LogP contribution in [-0.4, -0.2) is 10.1 Å². The van der Waals surface area contributed by atoms with E-state index >= 15 is 4.39 Å². The van der Waals surface area contributed by atoms with Crippen molar-refractivity contribution in [3.63, 3.8) is 0 Å². The van der Waals surface area contributed by atoms with Crippen LogP contribution in [0.3, 0.4) is 0 Å². The van der Waals surface area contributed by atoms with Gasteiger partial charge >= 0.3 is 0 Å². The lowest BCUT2D eigenvalue weighted by molar-refractivity contribution is 0.210. The molecular weight excluding hydrogens is 328 g/mol. The number of phenolic OH excluding ortho intramolecular Hbond substituents is 1. The fourth-order valence-corrected chi connectivity index (χ4v) is 4.63. The zero-order valence-corrected chi connectivity index (χ0v) is 15.2. The van der Waals surface area contributed by atoms with Gasteiger partial charge in [0.2, 0.25) is 0 Å². The Balaban J connectivity index is 2.07. The van der Waals surface area contributed by atoms with Crippen LogP contribution in [0.4, 0.5) is 8.78 Å². The SMILES string of the molecule is Cc1nc(-c2c(O)cc(F)c(CC3(C)CCCCC3)c2F)c(C)s1. The average molecular weight is 351 g/mol. The number of rotatable bonds is 3. The number of nitrogens with zero attached hydrogens (tertiary/aromatic N) is 1. The highest BCUT2D eigenvalue weighted by atomic mass is 32.1. The first-order valence-electron chi connectivity index (χ1n) is 8.45. The van der Waals surface area contributed by atoms with E-state index in [1.54, 1.807) is 0 Å². The van der Waals surface area contributed by atoms with Gasteiger partial charge in [0.25, 0.3) is 0 Å². The second kappa shape index (κ2) is 6.43. The topological polar surface area (TPSA) is 33.1 Å². The number of benzene rings is 1. The molecule has 0 bridgehead atoms. The third kappa shape index (κ3) is 3.18. The van der Waals surface area contributed by atoms with E-state index in [4.69, 9.17) is 0 Å². The normalized spacial score (nSPS) is 17.2. The summed E-state index contributed by atoms with van der Waals surface area (Å²) in [5.74, 6) is -1.70. The summed E-state index contributed by atoms with van der Waals surface area (Å²) in [7, 11) is 0. The van der Waals surface area contributed by atoms with Crippen LogP contribution in [0, 0.1) is 30.9 Å². The largest absolute Gasteiger partial charge is 0.507 e. The summed E-state index contributed by atoms with van der Waals surface area (Å²) < 4.78 is 29.6. The molecule has 24 heavy (non-hydrogen) atoms. The van der Waals surface area contributed by atoms with Gasteiger partial charge in [0, 0.05) is 16.5 Å². The van der Waals surface area contributed by atoms with Crippen LogP contribution in [0.25, 0.3) is 11.3 Å². The van der Waals surface area contributed by atoms with E-state index < -0.39 is 11.6 Å². The minimum atomic E-state index is -0.662. The molecule has 0 atom stereocenters. The minimum Gasteiger partial charge on any atom is -0.507 e. The molecular formula is C19H23F2NOS. The van der Waals surface area contributed by atoms with Crippen molar-refractivity contribution in [3.8, 4) is 17.0 Å². The number of hydrogen-bond acceptors (Lipinski definition) is 3. The van der Waals surface area contributed by atoms with Gasteiger partial charge in [-0.05, 0) is 38.5 Å². The molecule has 0 unspecified atom stereocenters. The maximum Gasteiger partial charge on any atom is 0.142 e. The van der Waals surface area contributed by atoms with Gasteiger partial charge in [-0.15, -0.1) is 11.3 Å². The third-order valence-electron chi connectivity index (χ3n) is 5.10. The first-order chi connectivity index (χ1) is 11.3. The van der Waals surface area contributed by atoms with Crippen LogP contribution in [0.2, 0.25) is 0 Å². The van der Waals surface area contributed by atoms with E-state index in [1.165, 1.54) is 17.8 Å². The van der Waals surface area contributed by atoms with Crippen molar-refractivity contribution in [1.82, 2.24) is 4.98 Å². The highest BCUT2D eigenvalue weighted by Gasteiger charge is 2.31. The molecule has 1 saturated carbocycles. The van der Waals surface area contributed by atoms with Crippen molar-refractivity contribution >= 4 is 11.3 Å². The predicted molar refractivity (Wildman–Crippen MR) is 93.5 cm³/mol. The molecule has 0 spiro atoms. The molecule has 2 nitrogen and oxygen atoms in total. The summed E-state index contributed by atoms with van der Waals surface area (Å²) in [6, 6.07) is 1.04. The van der Waals surface area contributed by atoms with Crippen LogP contribution in [0.5, 0.6) is 5.75 Å². The van der Waals surface area contributed by atoms with Crippen molar-refractivity contribution in [3.05, 3.63) is 33.1 Å². The summed E-state index contributed by atoms with van der Waals surface area (Å²) in [5.41, 5.74) is 0.453. The zero-order valence-electron chi connectivity index (χ0n) is 14.4. The lowest BCUT2D eigenvalue weighted by Gasteiger charge is -2.34. The van der Waals surface area contributed by atoms with Gasteiger partial charge in [0.15, 0.2) is 0 Å². The number of thiazole rings is 1. The quantitative estimate of drug-likeness (QED) is 0.744. The summed E-state index contributed by atoms with van der Waals surface area (Å²) >= 11 is 1.44. The maximum absolute atomic E-state index is 15.2. The molecule has 5 heteroatoms. The van der Waals surface area contributed by atoms with Gasteiger partial charge in [0.05, 0.1) is 16.3 Å². The Morgan fingerprint density at radius 1 is 1.21 bits per heavy atom. The van der Waals surface area contributed by atoms with Crippen LogP contribution in [0.1, 0.15) is 54.5 Å². The zero-order chi connectivity index (χ0) is 17.5. The fraction of sp³-hybridized carbons (Fsp3) is 0.526. The Morgan fingerprint density at radius 2 is 1.88 bits per heavy atom. The predicted octanol–water partition coefficient (Wildman–Crippen LogP) is 5.92. The summed E-state index contributed by atoms with van der Waals surface area (Å²) in [5, 5.41) is 10.9. The van der Waals surface area contributed by atoms with Crippen molar-refractivity contribution in [2.75, 3.05) is 0 Å². The van der Waals surface area contributed by atoms with E-state index in [9.17, 15) is 9.50 Å². The second-order valence-corrected chi connectivity index (χ2v) is 8.64. The second-order valence-electron chi connectivity index (χ2n) is 7.23. The lowest BCUT2D eigenvalue weighted by Crippen LogP contribution is -2.24. The van der Waals surface area contributed by atoms with Crippen LogP contribution in [0.15, 0.2) is 6.07 Å². The van der Waals surface area contributed by atoms with E-state index in [0.717, 1.165) is 41.6 Å². The van der Waals surface area contributed by atoms with E-state index in [0.29, 0.717) is 12.1 Å². The number of hydrogen-bond donors (Lipinski definition) is 1. The molecule has 1 aliphatic carbocycles. The molecule has 1 aromatic heterocycles. The van der Waals surface area contributed by atoms with Crippen molar-refractivity contribution < 1.29 is 13.9 Å². The van der Waals surface area contributed by atoms with Gasteiger partial charge in [-0.2, -0.15) is 0 Å². The van der Waals surface area contributed by atoms with E-state index in [-0.39, 0.29) is 22.3 Å². The lowest BCUT2D eigenvalue weighted by atomic mass is 9.71. The van der Waals surface area contributed by atoms with Gasteiger partial charge in [-0.25, -0.2) is 13.8 Å². The van der Waals surface area contributed by atoms with Gasteiger partial charge in [-0.3, -0.25) is 0 Å². The van der Waals surface area contributed by atoms with Gasteiger partial charge < -0.3 is 5.11 Å². The first kappa shape index (κ1) is 17.3. The summed E-state index contributed by atoms with van der Waals surface area (Å²) in [6.45, 7) is 5.78. The molecule has 1 aliphatic rings. The van der Waals surface area contributed by atoms with Crippen LogP contribution < -0.4 is 0 Å². The molecule has 0 aliphatic heterocycles. The Morgan fingerprint density at radius 3 is 2.46 bits per heavy atom. The molecule has 3 rings (SSSR count). The Hall–Kier alpha value is -1.49. The van der Waals surface area contributed by atoms with E-state index in [2.05, 4.69) is 11.9 Å². The summed E-state index contributed by atoms with van der Waals surface area (Å²) in [6.07, 6.45) is 5.73. The van der Waals surface area contributed by atoms with Crippen LogP contribution >= 0.6 is 11.3 Å².